The number of aromatic nitrogens is 2. The second-order valence-corrected chi connectivity index (χ2v) is 7.83. The first-order valence-electron chi connectivity index (χ1n) is 8.92. The lowest BCUT2D eigenvalue weighted by Gasteiger charge is -2.12. The highest BCUT2D eigenvalue weighted by Crippen LogP contribution is 2.25. The van der Waals surface area contributed by atoms with E-state index in [0.717, 1.165) is 10.4 Å². The number of hydrogen-bond donors (Lipinski definition) is 2. The number of rotatable bonds is 7. The first-order chi connectivity index (χ1) is 13.8. The van der Waals surface area contributed by atoms with Gasteiger partial charge in [0.1, 0.15) is 4.83 Å². The Morgan fingerprint density at radius 1 is 1.34 bits per heavy atom. The molecule has 2 N–H and O–H groups in total. The number of benzene rings is 1. The topological polar surface area (TPSA) is 127 Å². The van der Waals surface area contributed by atoms with Crippen LogP contribution in [-0.4, -0.2) is 32.0 Å². The van der Waals surface area contributed by atoms with Crippen molar-refractivity contribution in [3.8, 4) is 0 Å². The zero-order chi connectivity index (χ0) is 21.1. The molecule has 29 heavy (non-hydrogen) atoms. The average Bonchev–Trinajstić information content (AvgIpc) is 3.00. The van der Waals surface area contributed by atoms with Crippen molar-refractivity contribution in [2.45, 2.75) is 32.9 Å². The number of hydrogen-bond acceptors (Lipinski definition) is 7. The van der Waals surface area contributed by atoms with Crippen molar-refractivity contribution in [3.05, 3.63) is 67.1 Å². The van der Waals surface area contributed by atoms with E-state index in [9.17, 15) is 24.8 Å². The summed E-state index contributed by atoms with van der Waals surface area (Å²) >= 11 is 1.47. The highest BCUT2D eigenvalue weighted by atomic mass is 32.1. The second-order valence-electron chi connectivity index (χ2n) is 6.63. The van der Waals surface area contributed by atoms with E-state index in [1.54, 1.807) is 0 Å². The van der Waals surface area contributed by atoms with Crippen LogP contribution in [0.3, 0.4) is 0 Å². The standard InChI is InChI=1S/C19H20N4O5S/c1-11-12(2)29-18-17(11)19(26)22(10-21-18)8-7-16(25)20-9-15(24)13-3-5-14(6-4-13)23(27)28/h3-6,10,15,24H,7-9H2,1-2H3,(H,20,25)/t15-/m0/s1. The number of aryl methyl sites for hydroxylation is 3. The molecule has 152 valence electrons. The van der Waals surface area contributed by atoms with E-state index in [1.165, 1.54) is 46.5 Å². The molecule has 2 aromatic heterocycles. The minimum atomic E-state index is -0.989. The minimum absolute atomic E-state index is 0.0361. The minimum Gasteiger partial charge on any atom is -0.387 e. The molecular formula is C19H20N4O5S. The largest absolute Gasteiger partial charge is 0.387 e. The number of nitro benzene ring substituents is 1. The number of nitrogens with zero attached hydrogens (tertiary/aromatic N) is 3. The fourth-order valence-electron chi connectivity index (χ4n) is 2.89. The van der Waals surface area contributed by atoms with Gasteiger partial charge in [0, 0.05) is 36.5 Å². The number of carbonyl (C=O) groups is 1. The molecule has 9 nitrogen and oxygen atoms in total. The Hall–Kier alpha value is -3.11. The van der Waals surface area contributed by atoms with Gasteiger partial charge in [-0.1, -0.05) is 0 Å². The highest BCUT2D eigenvalue weighted by molar-refractivity contribution is 7.18. The molecule has 0 aliphatic carbocycles. The van der Waals surface area contributed by atoms with Crippen LogP contribution >= 0.6 is 11.3 Å². The van der Waals surface area contributed by atoms with Crippen molar-refractivity contribution in [1.82, 2.24) is 14.9 Å². The molecule has 0 saturated carbocycles. The van der Waals surface area contributed by atoms with Gasteiger partial charge in [-0.25, -0.2) is 4.98 Å². The lowest BCUT2D eigenvalue weighted by molar-refractivity contribution is -0.384. The summed E-state index contributed by atoms with van der Waals surface area (Å²) in [5.74, 6) is -0.323. The van der Waals surface area contributed by atoms with E-state index < -0.39 is 11.0 Å². The maximum absolute atomic E-state index is 12.6. The molecule has 1 aromatic carbocycles. The number of fused-ring (bicyclic) bond motifs is 1. The van der Waals surface area contributed by atoms with Crippen molar-refractivity contribution < 1.29 is 14.8 Å². The van der Waals surface area contributed by atoms with Gasteiger partial charge in [-0.2, -0.15) is 0 Å². The van der Waals surface area contributed by atoms with Crippen LogP contribution in [0.1, 0.15) is 28.5 Å². The highest BCUT2D eigenvalue weighted by Gasteiger charge is 2.14. The Kier molecular flexibility index (Phi) is 6.04. The molecule has 3 rings (SSSR count). The number of amides is 1. The molecule has 0 bridgehead atoms. The first-order valence-corrected chi connectivity index (χ1v) is 9.74. The molecular weight excluding hydrogens is 396 g/mol. The molecule has 2 heterocycles. The second kappa shape index (κ2) is 8.50. The van der Waals surface area contributed by atoms with E-state index >= 15 is 0 Å². The van der Waals surface area contributed by atoms with Crippen LogP contribution in [0.4, 0.5) is 5.69 Å². The first kappa shape index (κ1) is 20.6. The summed E-state index contributed by atoms with van der Waals surface area (Å²) in [5, 5.41) is 24.0. The fraction of sp³-hybridized carbons (Fsp3) is 0.316. The van der Waals surface area contributed by atoms with Crippen LogP contribution in [0.15, 0.2) is 35.4 Å². The summed E-state index contributed by atoms with van der Waals surface area (Å²) in [7, 11) is 0. The molecule has 3 aromatic rings. The third-order valence-electron chi connectivity index (χ3n) is 4.72. The van der Waals surface area contributed by atoms with Gasteiger partial charge >= 0.3 is 0 Å². The number of aliphatic hydroxyl groups excluding tert-OH is 1. The average molecular weight is 416 g/mol. The number of nitro groups is 1. The lowest BCUT2D eigenvalue weighted by atomic mass is 10.1. The predicted molar refractivity (Wildman–Crippen MR) is 109 cm³/mol. The maximum atomic E-state index is 12.6. The summed E-state index contributed by atoms with van der Waals surface area (Å²) in [5.41, 5.74) is 1.13. The maximum Gasteiger partial charge on any atom is 0.269 e. The SMILES string of the molecule is Cc1sc2ncn(CCC(=O)NC[C@H](O)c3ccc([N+](=O)[O-])cc3)c(=O)c2c1C. The van der Waals surface area contributed by atoms with Gasteiger partial charge in [-0.05, 0) is 37.1 Å². The summed E-state index contributed by atoms with van der Waals surface area (Å²) < 4.78 is 1.41. The lowest BCUT2D eigenvalue weighted by Crippen LogP contribution is -2.30. The Balaban J connectivity index is 1.57. The Bertz CT molecular complexity index is 1120. The monoisotopic (exact) mass is 416 g/mol. The third kappa shape index (κ3) is 4.49. The van der Waals surface area contributed by atoms with Crippen molar-refractivity contribution in [1.29, 1.82) is 0 Å². The summed E-state index contributed by atoms with van der Waals surface area (Å²) in [6.07, 6.45) is 0.512. The van der Waals surface area contributed by atoms with Crippen LogP contribution in [0.25, 0.3) is 10.2 Å². The number of nitrogens with one attached hydrogen (secondary N) is 1. The van der Waals surface area contributed by atoms with Crippen molar-refractivity contribution in [2.24, 2.45) is 0 Å². The van der Waals surface area contributed by atoms with E-state index in [4.69, 9.17) is 0 Å². The van der Waals surface area contributed by atoms with Crippen LogP contribution in [-0.2, 0) is 11.3 Å². The summed E-state index contributed by atoms with van der Waals surface area (Å²) in [6.45, 7) is 3.96. The molecule has 10 heteroatoms. The Morgan fingerprint density at radius 2 is 2.03 bits per heavy atom. The van der Waals surface area contributed by atoms with Crippen molar-refractivity contribution >= 4 is 33.1 Å². The number of non-ortho nitro benzene ring substituents is 1. The molecule has 0 spiro atoms. The van der Waals surface area contributed by atoms with E-state index in [-0.39, 0.29) is 36.7 Å². The van der Waals surface area contributed by atoms with Crippen LogP contribution in [0.2, 0.25) is 0 Å². The normalized spacial score (nSPS) is 12.1. The smallest absolute Gasteiger partial charge is 0.269 e. The number of thiophene rings is 1. The zero-order valence-corrected chi connectivity index (χ0v) is 16.7. The molecule has 1 atom stereocenters. The third-order valence-corrected chi connectivity index (χ3v) is 5.83. The van der Waals surface area contributed by atoms with E-state index in [1.807, 2.05) is 13.8 Å². The number of carbonyl (C=O) groups excluding carboxylic acids is 1. The van der Waals surface area contributed by atoms with E-state index in [2.05, 4.69) is 10.3 Å². The van der Waals surface area contributed by atoms with Crippen LogP contribution in [0.5, 0.6) is 0 Å². The molecule has 0 saturated heterocycles. The van der Waals surface area contributed by atoms with Crippen LogP contribution in [0, 0.1) is 24.0 Å². The molecule has 0 aliphatic rings. The molecule has 0 fully saturated rings. The predicted octanol–water partition coefficient (Wildman–Crippen LogP) is 2.22. The Morgan fingerprint density at radius 3 is 2.69 bits per heavy atom. The Labute approximate surface area is 169 Å². The molecule has 0 aliphatic heterocycles. The zero-order valence-electron chi connectivity index (χ0n) is 15.9. The summed E-state index contributed by atoms with van der Waals surface area (Å²) in [6, 6.07) is 5.48. The van der Waals surface area contributed by atoms with Gasteiger partial charge < -0.3 is 10.4 Å². The van der Waals surface area contributed by atoms with Gasteiger partial charge in [0.05, 0.1) is 22.7 Å². The number of aliphatic hydroxyl groups is 1. The van der Waals surface area contributed by atoms with Gasteiger partial charge in [0.25, 0.3) is 11.2 Å². The van der Waals surface area contributed by atoms with Gasteiger partial charge in [-0.15, -0.1) is 11.3 Å². The molecule has 0 radical (unpaired) electrons. The van der Waals surface area contributed by atoms with Crippen LogP contribution < -0.4 is 10.9 Å². The quantitative estimate of drug-likeness (QED) is 0.449. The van der Waals surface area contributed by atoms with Crippen molar-refractivity contribution in [2.75, 3.05) is 6.54 Å². The summed E-state index contributed by atoms with van der Waals surface area (Å²) in [4.78, 5) is 40.9. The molecule has 1 amide bonds. The molecule has 0 unspecified atom stereocenters. The fourth-order valence-corrected chi connectivity index (χ4v) is 3.87. The van der Waals surface area contributed by atoms with Gasteiger partial charge in [-0.3, -0.25) is 24.3 Å². The van der Waals surface area contributed by atoms with Crippen molar-refractivity contribution in [3.63, 3.8) is 0 Å². The van der Waals surface area contributed by atoms with Gasteiger partial charge in [0.15, 0.2) is 0 Å². The van der Waals surface area contributed by atoms with Gasteiger partial charge in [0.2, 0.25) is 5.91 Å². The van der Waals surface area contributed by atoms with E-state index in [0.29, 0.717) is 15.8 Å².